The number of halogens is 1. The molecule has 0 aliphatic heterocycles. The van der Waals surface area contributed by atoms with E-state index >= 15 is 0 Å². The van der Waals surface area contributed by atoms with Gasteiger partial charge < -0.3 is 9.30 Å². The average molecular weight is 373 g/mol. The molecule has 1 heterocycles. The van der Waals surface area contributed by atoms with Gasteiger partial charge in [-0.15, -0.1) is 0 Å². The lowest BCUT2D eigenvalue weighted by atomic mass is 10.3. The minimum absolute atomic E-state index is 0.0514. The standard InChI is InChI=1S/C15H17ClN2O3S2/c1-3-21-7-6-18-12-5-4-11(16)8-13(12)23-15(18)17-14(20)9-22-10(2)19/h4-5,8H,3,6-7,9H2,1-2H3. The molecule has 0 aliphatic carbocycles. The Balaban J connectivity index is 2.37. The highest BCUT2D eigenvalue weighted by molar-refractivity contribution is 8.14. The SMILES string of the molecule is CCOCCn1c(=NC(=O)CSC(C)=O)sc2cc(Cl)ccc21. The van der Waals surface area contributed by atoms with Crippen molar-refractivity contribution in [2.45, 2.75) is 20.4 Å². The minimum Gasteiger partial charge on any atom is -0.380 e. The summed E-state index contributed by atoms with van der Waals surface area (Å²) in [7, 11) is 0. The number of rotatable bonds is 6. The highest BCUT2D eigenvalue weighted by Crippen LogP contribution is 2.21. The number of ether oxygens (including phenoxy) is 1. The van der Waals surface area contributed by atoms with Gasteiger partial charge in [0.15, 0.2) is 9.92 Å². The largest absolute Gasteiger partial charge is 0.380 e. The zero-order valence-corrected chi connectivity index (χ0v) is 15.3. The van der Waals surface area contributed by atoms with Crippen molar-refractivity contribution in [3.05, 3.63) is 28.0 Å². The van der Waals surface area contributed by atoms with Crippen LogP contribution in [0.3, 0.4) is 0 Å². The number of hydrogen-bond donors (Lipinski definition) is 0. The summed E-state index contributed by atoms with van der Waals surface area (Å²) < 4.78 is 8.31. The van der Waals surface area contributed by atoms with Gasteiger partial charge in [-0.1, -0.05) is 34.7 Å². The van der Waals surface area contributed by atoms with Gasteiger partial charge in [-0.05, 0) is 25.1 Å². The van der Waals surface area contributed by atoms with Crippen molar-refractivity contribution >= 4 is 55.9 Å². The van der Waals surface area contributed by atoms with E-state index in [2.05, 4.69) is 4.99 Å². The number of hydrogen-bond acceptors (Lipinski definition) is 5. The number of amides is 1. The summed E-state index contributed by atoms with van der Waals surface area (Å²) in [5, 5.41) is 0.543. The summed E-state index contributed by atoms with van der Waals surface area (Å²) in [4.78, 5) is 27.6. The molecule has 1 aromatic carbocycles. The molecular weight excluding hydrogens is 356 g/mol. The van der Waals surface area contributed by atoms with Gasteiger partial charge in [-0.25, -0.2) is 0 Å². The van der Waals surface area contributed by atoms with E-state index in [1.54, 1.807) is 0 Å². The van der Waals surface area contributed by atoms with Crippen molar-refractivity contribution in [2.24, 2.45) is 4.99 Å². The zero-order chi connectivity index (χ0) is 16.8. The third-order valence-electron chi connectivity index (χ3n) is 2.93. The highest BCUT2D eigenvalue weighted by atomic mass is 35.5. The highest BCUT2D eigenvalue weighted by Gasteiger charge is 2.09. The molecule has 0 saturated carbocycles. The molecule has 0 fully saturated rings. The fourth-order valence-corrected chi connectivity index (χ4v) is 3.69. The van der Waals surface area contributed by atoms with Crippen LogP contribution in [0.1, 0.15) is 13.8 Å². The topological polar surface area (TPSA) is 60.7 Å². The predicted octanol–water partition coefficient (Wildman–Crippen LogP) is 3.10. The van der Waals surface area contributed by atoms with Crippen molar-refractivity contribution < 1.29 is 14.3 Å². The summed E-state index contributed by atoms with van der Waals surface area (Å²) in [5.41, 5.74) is 0.963. The van der Waals surface area contributed by atoms with E-state index in [1.165, 1.54) is 18.3 Å². The van der Waals surface area contributed by atoms with Crippen LogP contribution in [0.2, 0.25) is 5.02 Å². The predicted molar refractivity (Wildman–Crippen MR) is 95.0 cm³/mol. The van der Waals surface area contributed by atoms with E-state index in [0.717, 1.165) is 22.0 Å². The minimum atomic E-state index is -0.326. The van der Waals surface area contributed by atoms with Crippen molar-refractivity contribution in [3.8, 4) is 0 Å². The van der Waals surface area contributed by atoms with Crippen LogP contribution in [0.4, 0.5) is 0 Å². The van der Waals surface area contributed by atoms with E-state index in [-0.39, 0.29) is 16.8 Å². The number of nitrogens with zero attached hydrogens (tertiary/aromatic N) is 2. The lowest BCUT2D eigenvalue weighted by Crippen LogP contribution is -2.20. The molecule has 5 nitrogen and oxygen atoms in total. The van der Waals surface area contributed by atoms with Gasteiger partial charge in [-0.2, -0.15) is 4.99 Å². The van der Waals surface area contributed by atoms with Crippen molar-refractivity contribution in [2.75, 3.05) is 19.0 Å². The maximum absolute atomic E-state index is 11.9. The molecule has 0 radical (unpaired) electrons. The Hall–Kier alpha value is -1.15. The molecule has 0 atom stereocenters. The van der Waals surface area contributed by atoms with E-state index in [4.69, 9.17) is 16.3 Å². The Kier molecular flexibility index (Phi) is 6.83. The number of benzene rings is 1. The maximum Gasteiger partial charge on any atom is 0.258 e. The van der Waals surface area contributed by atoms with Crippen LogP contribution >= 0.6 is 34.7 Å². The molecule has 23 heavy (non-hydrogen) atoms. The first-order valence-electron chi connectivity index (χ1n) is 7.08. The molecule has 0 N–H and O–H groups in total. The van der Waals surface area contributed by atoms with Crippen LogP contribution in [-0.2, 0) is 20.9 Å². The Labute approximate surface area is 147 Å². The fraction of sp³-hybridized carbons (Fsp3) is 0.400. The maximum atomic E-state index is 11.9. The van der Waals surface area contributed by atoms with Gasteiger partial charge in [0, 0.05) is 25.1 Å². The monoisotopic (exact) mass is 372 g/mol. The number of thiazole rings is 1. The average Bonchev–Trinajstić information content (AvgIpc) is 2.82. The summed E-state index contributed by atoms with van der Waals surface area (Å²) in [6.07, 6.45) is 0. The Morgan fingerprint density at radius 3 is 2.91 bits per heavy atom. The molecule has 0 unspecified atom stereocenters. The van der Waals surface area contributed by atoms with Gasteiger partial charge in [-0.3, -0.25) is 9.59 Å². The van der Waals surface area contributed by atoms with Gasteiger partial charge in [0.25, 0.3) is 5.91 Å². The van der Waals surface area contributed by atoms with E-state index < -0.39 is 0 Å². The smallest absolute Gasteiger partial charge is 0.258 e. The van der Waals surface area contributed by atoms with Crippen molar-refractivity contribution in [3.63, 3.8) is 0 Å². The van der Waals surface area contributed by atoms with Crippen LogP contribution in [-0.4, -0.2) is 34.6 Å². The molecule has 1 aromatic heterocycles. The second-order valence-corrected chi connectivity index (χ2v) is 7.23. The Morgan fingerprint density at radius 1 is 1.43 bits per heavy atom. The van der Waals surface area contributed by atoms with Crippen LogP contribution in [0.15, 0.2) is 23.2 Å². The molecule has 0 spiro atoms. The zero-order valence-electron chi connectivity index (χ0n) is 12.9. The van der Waals surface area contributed by atoms with Gasteiger partial charge in [0.05, 0.1) is 22.6 Å². The molecule has 0 saturated heterocycles. The van der Waals surface area contributed by atoms with E-state index in [0.29, 0.717) is 29.6 Å². The molecule has 0 bridgehead atoms. The normalized spacial score (nSPS) is 12.0. The van der Waals surface area contributed by atoms with Crippen LogP contribution in [0.5, 0.6) is 0 Å². The first-order chi connectivity index (χ1) is 11.0. The summed E-state index contributed by atoms with van der Waals surface area (Å²) in [6, 6.07) is 5.57. The number of carbonyl (C=O) groups excluding carboxylic acids is 2. The fourth-order valence-electron chi connectivity index (χ4n) is 1.95. The van der Waals surface area contributed by atoms with Crippen LogP contribution in [0, 0.1) is 0 Å². The summed E-state index contributed by atoms with van der Waals surface area (Å²) in [5.74, 6) is -0.275. The molecular formula is C15H17ClN2O3S2. The van der Waals surface area contributed by atoms with Gasteiger partial charge in [0.1, 0.15) is 0 Å². The second-order valence-electron chi connectivity index (χ2n) is 4.63. The van der Waals surface area contributed by atoms with Crippen molar-refractivity contribution in [1.29, 1.82) is 0 Å². The quantitative estimate of drug-likeness (QED) is 0.731. The molecule has 2 aromatic rings. The molecule has 0 aliphatic rings. The lowest BCUT2D eigenvalue weighted by Gasteiger charge is -2.05. The Morgan fingerprint density at radius 2 is 2.22 bits per heavy atom. The Bertz CT molecular complexity index is 783. The molecule has 8 heteroatoms. The van der Waals surface area contributed by atoms with E-state index in [1.807, 2.05) is 29.7 Å². The van der Waals surface area contributed by atoms with Gasteiger partial charge >= 0.3 is 0 Å². The second kappa shape index (κ2) is 8.63. The first-order valence-corrected chi connectivity index (χ1v) is 9.27. The number of fused-ring (bicyclic) bond motifs is 1. The number of carbonyl (C=O) groups is 2. The molecule has 124 valence electrons. The van der Waals surface area contributed by atoms with Crippen molar-refractivity contribution in [1.82, 2.24) is 4.57 Å². The van der Waals surface area contributed by atoms with Gasteiger partial charge in [0.2, 0.25) is 0 Å². The summed E-state index contributed by atoms with van der Waals surface area (Å²) >= 11 is 8.39. The molecule has 1 amide bonds. The molecule has 2 rings (SSSR count). The summed E-state index contributed by atoms with van der Waals surface area (Å²) in [6.45, 7) is 5.14. The van der Waals surface area contributed by atoms with Crippen LogP contribution < -0.4 is 4.80 Å². The van der Waals surface area contributed by atoms with E-state index in [9.17, 15) is 9.59 Å². The number of aromatic nitrogens is 1. The number of thioether (sulfide) groups is 1. The van der Waals surface area contributed by atoms with Crippen LogP contribution in [0.25, 0.3) is 10.2 Å². The first kappa shape index (κ1) is 18.2. The third kappa shape index (κ3) is 5.17. The lowest BCUT2D eigenvalue weighted by molar-refractivity contribution is -0.116. The third-order valence-corrected chi connectivity index (χ3v) is 5.00.